The van der Waals surface area contributed by atoms with Gasteiger partial charge in [0, 0.05) is 12.1 Å². The number of benzene rings is 2. The van der Waals surface area contributed by atoms with E-state index in [2.05, 4.69) is 15.0 Å². The molecule has 0 saturated carbocycles. The van der Waals surface area contributed by atoms with Crippen molar-refractivity contribution in [2.45, 2.75) is 11.3 Å². The molecule has 0 saturated heterocycles. The minimum absolute atomic E-state index is 0.144. The summed E-state index contributed by atoms with van der Waals surface area (Å²) < 4.78 is 31.4. The molecule has 2 N–H and O–H groups in total. The van der Waals surface area contributed by atoms with Crippen molar-refractivity contribution in [2.24, 2.45) is 4.99 Å². The van der Waals surface area contributed by atoms with Crippen molar-refractivity contribution in [1.82, 2.24) is 10.0 Å². The third-order valence-electron chi connectivity index (χ3n) is 3.94. The fraction of sp³-hybridized carbons (Fsp3) is 0.222. The van der Waals surface area contributed by atoms with E-state index in [-0.39, 0.29) is 23.2 Å². The monoisotopic (exact) mass is 373 g/mol. The molecule has 0 radical (unpaired) electrons. The average molecular weight is 373 g/mol. The first kappa shape index (κ1) is 17.9. The Balaban J connectivity index is 1.53. The van der Waals surface area contributed by atoms with Crippen molar-refractivity contribution in [3.63, 3.8) is 0 Å². The van der Waals surface area contributed by atoms with Crippen molar-refractivity contribution in [2.75, 3.05) is 20.2 Å². The molecule has 26 heavy (non-hydrogen) atoms. The lowest BCUT2D eigenvalue weighted by Gasteiger charge is -2.05. The van der Waals surface area contributed by atoms with Gasteiger partial charge in [0.1, 0.15) is 18.1 Å². The molecule has 1 heterocycles. The zero-order valence-corrected chi connectivity index (χ0v) is 15.0. The number of nitrogens with one attached hydrogen (secondary N) is 2. The normalized spacial score (nSPS) is 16.0. The van der Waals surface area contributed by atoms with Gasteiger partial charge >= 0.3 is 0 Å². The van der Waals surface area contributed by atoms with Gasteiger partial charge in [0.25, 0.3) is 10.0 Å². The molecular formula is C18H19N3O4S. The number of aliphatic imine (C=N–C) groups is 1. The molecule has 7 nitrogen and oxygen atoms in total. The number of carbonyl (C=O) groups excluding carboxylic acids is 1. The molecule has 2 aromatic rings. The molecule has 0 unspecified atom stereocenters. The van der Waals surface area contributed by atoms with E-state index in [1.165, 1.54) is 6.07 Å². The number of carbonyl (C=O) groups is 1. The molecule has 8 heteroatoms. The van der Waals surface area contributed by atoms with Gasteiger partial charge in [0.2, 0.25) is 5.91 Å². The maximum absolute atomic E-state index is 12.0. The summed E-state index contributed by atoms with van der Waals surface area (Å²) in [6, 6.07) is 14.2. The van der Waals surface area contributed by atoms with Gasteiger partial charge in [-0.05, 0) is 36.2 Å². The zero-order chi connectivity index (χ0) is 18.6. The lowest BCUT2D eigenvalue weighted by atomic mass is 10.1. The van der Waals surface area contributed by atoms with Gasteiger partial charge in [-0.3, -0.25) is 14.5 Å². The van der Waals surface area contributed by atoms with Crippen LogP contribution in [0.3, 0.4) is 0 Å². The fourth-order valence-electron chi connectivity index (χ4n) is 2.60. The van der Waals surface area contributed by atoms with E-state index in [0.717, 1.165) is 11.3 Å². The average Bonchev–Trinajstić information content (AvgIpc) is 2.91. The second kappa shape index (κ2) is 7.57. The highest BCUT2D eigenvalue weighted by Crippen LogP contribution is 2.21. The van der Waals surface area contributed by atoms with Crippen LogP contribution in [-0.2, 0) is 21.2 Å². The summed E-state index contributed by atoms with van der Waals surface area (Å²) in [7, 11) is -1.97. The molecule has 1 amide bonds. The Morgan fingerprint density at radius 1 is 1.15 bits per heavy atom. The van der Waals surface area contributed by atoms with Gasteiger partial charge in [-0.2, -0.15) is 0 Å². The van der Waals surface area contributed by atoms with Gasteiger partial charge in [0.05, 0.1) is 12.0 Å². The van der Waals surface area contributed by atoms with Gasteiger partial charge in [-0.25, -0.2) is 8.42 Å². The Kier molecular flexibility index (Phi) is 5.22. The lowest BCUT2D eigenvalue weighted by Crippen LogP contribution is -2.29. The molecular weight excluding hydrogens is 354 g/mol. The number of sulfonamides is 1. The smallest absolute Gasteiger partial charge is 0.263 e. The van der Waals surface area contributed by atoms with Crippen LogP contribution >= 0.6 is 0 Å². The number of methoxy groups -OCH3 is 1. The van der Waals surface area contributed by atoms with Crippen LogP contribution in [0.2, 0.25) is 0 Å². The van der Waals surface area contributed by atoms with Crippen molar-refractivity contribution in [1.29, 1.82) is 0 Å². The van der Waals surface area contributed by atoms with Crippen LogP contribution in [0.5, 0.6) is 5.75 Å². The fourth-order valence-corrected chi connectivity index (χ4v) is 3.85. The third-order valence-corrected chi connectivity index (χ3v) is 5.34. The van der Waals surface area contributed by atoms with E-state index in [1.54, 1.807) is 25.3 Å². The number of hydrogen-bond acceptors (Lipinski definition) is 5. The van der Waals surface area contributed by atoms with Gasteiger partial charge in [-0.15, -0.1) is 0 Å². The molecule has 0 aromatic heterocycles. The molecule has 0 spiro atoms. The van der Waals surface area contributed by atoms with Crippen LogP contribution in [0, 0.1) is 0 Å². The summed E-state index contributed by atoms with van der Waals surface area (Å²) in [5.74, 6) is 0.716. The van der Waals surface area contributed by atoms with Gasteiger partial charge < -0.3 is 10.1 Å². The van der Waals surface area contributed by atoms with Crippen molar-refractivity contribution < 1.29 is 17.9 Å². The first-order valence-electron chi connectivity index (χ1n) is 8.06. The Morgan fingerprint density at radius 3 is 2.62 bits per heavy atom. The molecule has 3 rings (SSSR count). The first-order chi connectivity index (χ1) is 12.5. The van der Waals surface area contributed by atoms with Crippen molar-refractivity contribution >= 4 is 21.8 Å². The minimum atomic E-state index is -3.58. The predicted molar refractivity (Wildman–Crippen MR) is 97.9 cm³/mol. The highest BCUT2D eigenvalue weighted by Gasteiger charge is 2.30. The minimum Gasteiger partial charge on any atom is -0.497 e. The second-order valence-electron chi connectivity index (χ2n) is 5.71. The molecule has 1 aliphatic heterocycles. The molecule has 0 aliphatic carbocycles. The van der Waals surface area contributed by atoms with E-state index >= 15 is 0 Å². The number of amides is 1. The Morgan fingerprint density at radius 2 is 1.88 bits per heavy atom. The van der Waals surface area contributed by atoms with Crippen molar-refractivity contribution in [3.8, 4) is 5.75 Å². The molecule has 0 atom stereocenters. The number of ether oxygens (including phenoxy) is 1. The standard InChI is InChI=1S/C18H19N3O4S/c1-25-14-8-6-13(7-9-14)10-11-19-17(22)12-20-18-15-4-2-3-5-16(15)26(23,24)21-18/h2-9H,10-12H2,1H3,(H,19,22)(H,20,21). The summed E-state index contributed by atoms with van der Waals surface area (Å²) in [4.78, 5) is 16.2. The molecule has 1 aliphatic rings. The van der Waals surface area contributed by atoms with Crippen LogP contribution < -0.4 is 14.8 Å². The highest BCUT2D eigenvalue weighted by molar-refractivity contribution is 7.90. The van der Waals surface area contributed by atoms with Gasteiger partial charge in [0.15, 0.2) is 0 Å². The predicted octanol–water partition coefficient (Wildman–Crippen LogP) is 1.09. The summed E-state index contributed by atoms with van der Waals surface area (Å²) in [5, 5.41) is 2.77. The number of hydrogen-bond donors (Lipinski definition) is 2. The lowest BCUT2D eigenvalue weighted by molar-refractivity contribution is -0.119. The Labute approximate surface area is 152 Å². The maximum atomic E-state index is 12.0. The molecule has 0 fully saturated rings. The summed E-state index contributed by atoms with van der Waals surface area (Å²) in [6.07, 6.45) is 0.682. The van der Waals surface area contributed by atoms with Crippen molar-refractivity contribution in [3.05, 3.63) is 59.7 Å². The molecule has 136 valence electrons. The third kappa shape index (κ3) is 4.02. The van der Waals surface area contributed by atoms with E-state index in [0.29, 0.717) is 18.5 Å². The van der Waals surface area contributed by atoms with E-state index in [4.69, 9.17) is 4.74 Å². The maximum Gasteiger partial charge on any atom is 0.263 e. The Hall–Kier alpha value is -2.87. The number of nitrogens with zero attached hydrogens (tertiary/aromatic N) is 1. The molecule has 2 aromatic carbocycles. The second-order valence-corrected chi connectivity index (χ2v) is 7.37. The van der Waals surface area contributed by atoms with E-state index < -0.39 is 10.0 Å². The number of rotatable bonds is 6. The van der Waals surface area contributed by atoms with Crippen LogP contribution in [0.15, 0.2) is 58.4 Å². The van der Waals surface area contributed by atoms with E-state index in [9.17, 15) is 13.2 Å². The summed E-state index contributed by atoms with van der Waals surface area (Å²) >= 11 is 0. The number of fused-ring (bicyclic) bond motifs is 1. The van der Waals surface area contributed by atoms with Gasteiger partial charge in [-0.1, -0.05) is 24.3 Å². The number of amidine groups is 1. The highest BCUT2D eigenvalue weighted by atomic mass is 32.2. The Bertz CT molecular complexity index is 937. The topological polar surface area (TPSA) is 96.9 Å². The van der Waals surface area contributed by atoms with Crippen LogP contribution in [0.25, 0.3) is 0 Å². The zero-order valence-electron chi connectivity index (χ0n) is 14.2. The van der Waals surface area contributed by atoms with Crippen LogP contribution in [0.4, 0.5) is 0 Å². The quantitative estimate of drug-likeness (QED) is 0.792. The van der Waals surface area contributed by atoms with Crippen LogP contribution in [0.1, 0.15) is 11.1 Å². The van der Waals surface area contributed by atoms with E-state index in [1.807, 2.05) is 24.3 Å². The SMILES string of the molecule is COc1ccc(CCNC(=O)CN=C2NS(=O)(=O)c3ccccc32)cc1. The summed E-state index contributed by atoms with van der Waals surface area (Å²) in [5.41, 5.74) is 1.56. The first-order valence-corrected chi connectivity index (χ1v) is 9.54. The largest absolute Gasteiger partial charge is 0.497 e. The summed E-state index contributed by atoms with van der Waals surface area (Å²) in [6.45, 7) is 0.327. The van der Waals surface area contributed by atoms with Crippen LogP contribution in [-0.4, -0.2) is 40.4 Å². The molecule has 0 bridgehead atoms.